The maximum Gasteiger partial charge on any atom is 0.306 e. The molecule has 4 amide bonds. The van der Waals surface area contributed by atoms with Crippen LogP contribution in [0.5, 0.6) is 0 Å². The van der Waals surface area contributed by atoms with Crippen molar-refractivity contribution in [2.45, 2.75) is 111 Å². The molecule has 3 aromatic heterocycles. The Bertz CT molecular complexity index is 3110. The number of benzene rings is 3. The van der Waals surface area contributed by atoms with Crippen molar-refractivity contribution < 1.29 is 34.2 Å². The Hall–Kier alpha value is -6.89. The van der Waals surface area contributed by atoms with Crippen LogP contribution in [-0.4, -0.2) is 101 Å². The maximum absolute atomic E-state index is 14.5. The fraction of sp³-hybridized carbons (Fsp3) is 0.377. The number of aliphatic imine (C=N–C) groups is 1. The Labute approximate surface area is 419 Å². The maximum atomic E-state index is 14.5. The number of aryl methyl sites for hydroxylation is 4. The minimum atomic E-state index is -1.09. The van der Waals surface area contributed by atoms with Gasteiger partial charge in [0, 0.05) is 41.1 Å². The average molecular weight is 996 g/mol. The predicted molar refractivity (Wildman–Crippen MR) is 273 cm³/mol. The van der Waals surface area contributed by atoms with E-state index in [0.29, 0.717) is 29.5 Å². The van der Waals surface area contributed by atoms with Gasteiger partial charge in [-0.15, -0.1) is 32.9 Å². The summed E-state index contributed by atoms with van der Waals surface area (Å²) in [5.74, 6) is -1.55. The highest BCUT2D eigenvalue weighted by atomic mass is 32.1. The summed E-state index contributed by atoms with van der Waals surface area (Å²) in [6, 6.07) is 18.4. The zero-order valence-electron chi connectivity index (χ0n) is 40.9. The lowest BCUT2D eigenvalue weighted by molar-refractivity contribution is -0.144. The van der Waals surface area contributed by atoms with E-state index in [-0.39, 0.29) is 38.3 Å². The number of nitrogens with one attached hydrogen (secondary N) is 2. The number of thiazole rings is 1. The summed E-state index contributed by atoms with van der Waals surface area (Å²) in [5.41, 5.74) is 10.4. The molecule has 1 fully saturated rings. The van der Waals surface area contributed by atoms with Crippen molar-refractivity contribution in [1.82, 2.24) is 35.3 Å². The molecule has 2 unspecified atom stereocenters. The van der Waals surface area contributed by atoms with Crippen LogP contribution in [0.3, 0.4) is 0 Å². The number of carboxylic acid groups (broad SMARTS) is 1. The molecule has 3 aromatic carbocycles. The van der Waals surface area contributed by atoms with Crippen molar-refractivity contribution in [3.05, 3.63) is 122 Å². The van der Waals surface area contributed by atoms with E-state index < -0.39 is 59.4 Å². The van der Waals surface area contributed by atoms with Gasteiger partial charge in [0.2, 0.25) is 23.6 Å². The minimum Gasteiger partial charge on any atom is -0.481 e. The molecule has 3 aliphatic heterocycles. The topological polar surface area (TPSA) is 212 Å². The van der Waals surface area contributed by atoms with Crippen LogP contribution in [0.4, 0.5) is 5.69 Å². The van der Waals surface area contributed by atoms with Crippen LogP contribution in [0, 0.1) is 33.1 Å². The molecule has 0 radical (unpaired) electrons. The number of thiophene rings is 1. The number of β-amino-alcohol motifs (C(OH)–C–C–N with tert-alkyl or cyclic N) is 1. The highest BCUT2D eigenvalue weighted by molar-refractivity contribution is 7.15. The van der Waals surface area contributed by atoms with E-state index >= 15 is 0 Å². The van der Waals surface area contributed by atoms with Crippen molar-refractivity contribution in [2.75, 3.05) is 18.0 Å². The molecule has 5 atom stereocenters. The number of anilines is 1. The van der Waals surface area contributed by atoms with Gasteiger partial charge in [-0.2, -0.15) is 0 Å². The van der Waals surface area contributed by atoms with Crippen molar-refractivity contribution in [2.24, 2.45) is 10.4 Å². The smallest absolute Gasteiger partial charge is 0.306 e. The van der Waals surface area contributed by atoms with Crippen LogP contribution in [0.2, 0.25) is 0 Å². The number of nitrogens with zero attached hydrogens (tertiary/aromatic N) is 7. The fourth-order valence-corrected chi connectivity index (χ4v) is 11.8. The summed E-state index contributed by atoms with van der Waals surface area (Å²) in [5, 5.41) is 36.2. The number of aliphatic hydroxyl groups is 1. The molecule has 71 heavy (non-hydrogen) atoms. The summed E-state index contributed by atoms with van der Waals surface area (Å²) in [6.45, 7) is 14.8. The molecule has 18 heteroatoms. The zero-order chi connectivity index (χ0) is 50.6. The van der Waals surface area contributed by atoms with Gasteiger partial charge in [0.1, 0.15) is 35.5 Å². The van der Waals surface area contributed by atoms with E-state index in [1.807, 2.05) is 132 Å². The molecule has 16 nitrogen and oxygen atoms in total. The third-order valence-electron chi connectivity index (χ3n) is 13.7. The van der Waals surface area contributed by atoms with Crippen molar-refractivity contribution in [3.8, 4) is 26.6 Å². The number of fused-ring (bicyclic) bond motifs is 4. The number of amides is 4. The van der Waals surface area contributed by atoms with Crippen molar-refractivity contribution in [1.29, 1.82) is 0 Å². The molecule has 4 N–H and O–H groups in total. The Kier molecular flexibility index (Phi) is 13.4. The van der Waals surface area contributed by atoms with Gasteiger partial charge in [0.05, 0.1) is 40.4 Å². The van der Waals surface area contributed by atoms with Gasteiger partial charge >= 0.3 is 5.97 Å². The lowest BCUT2D eigenvalue weighted by atomic mass is 9.85. The summed E-state index contributed by atoms with van der Waals surface area (Å²) in [7, 11) is 0. The van der Waals surface area contributed by atoms with E-state index in [9.17, 15) is 34.2 Å². The number of hydrogen-bond donors (Lipinski definition) is 4. The van der Waals surface area contributed by atoms with Gasteiger partial charge in [0.15, 0.2) is 5.82 Å². The number of aliphatic carboxylic acids is 1. The molecule has 0 spiro atoms. The molecule has 6 aromatic rings. The van der Waals surface area contributed by atoms with Crippen LogP contribution >= 0.6 is 22.7 Å². The SMILES string of the molecule is Cc1ncsc1-c1ccc(C(C)NC(=O)[C@@H]2C[C@@H](O)CN2C(=O)C(NC(=O)CN2C(=O)CCc3ccc(-c4ccc(C5=N[C@@H](CC(=O)O)c6nnc(C)n6-c6sc(C)c(C)c65)cc4)cc32)C(C)(C)C)cc1. The van der Waals surface area contributed by atoms with Gasteiger partial charge in [-0.3, -0.25) is 33.5 Å². The minimum absolute atomic E-state index is 0.0457. The molecule has 0 saturated carbocycles. The summed E-state index contributed by atoms with van der Waals surface area (Å²) in [4.78, 5) is 82.7. The van der Waals surface area contributed by atoms with Crippen molar-refractivity contribution >= 4 is 63.7 Å². The van der Waals surface area contributed by atoms with Gasteiger partial charge < -0.3 is 30.6 Å². The van der Waals surface area contributed by atoms with E-state index in [2.05, 4.69) is 25.8 Å². The van der Waals surface area contributed by atoms with Gasteiger partial charge in [-0.1, -0.05) is 81.4 Å². The molecular formula is C53H57N9O7S2. The Balaban J connectivity index is 0.915. The summed E-state index contributed by atoms with van der Waals surface area (Å²) < 4.78 is 1.92. The van der Waals surface area contributed by atoms with Gasteiger partial charge in [-0.05, 0) is 85.9 Å². The number of carbonyl (C=O) groups excluding carboxylic acids is 4. The molecule has 0 aliphatic carbocycles. The quantitative estimate of drug-likeness (QED) is 0.0956. The summed E-state index contributed by atoms with van der Waals surface area (Å²) in [6.07, 6.45) is -0.443. The van der Waals surface area contributed by atoms with Crippen LogP contribution in [0.1, 0.15) is 109 Å². The Morgan fingerprint density at radius 3 is 2.25 bits per heavy atom. The number of likely N-dealkylation sites (tertiary alicyclic amines) is 1. The zero-order valence-corrected chi connectivity index (χ0v) is 42.6. The normalized spacial score (nSPS) is 18.5. The van der Waals surface area contributed by atoms with E-state index in [0.717, 1.165) is 65.0 Å². The molecule has 3 aliphatic rings. The highest BCUT2D eigenvalue weighted by Gasteiger charge is 2.45. The molecule has 6 heterocycles. The van der Waals surface area contributed by atoms with Crippen molar-refractivity contribution in [3.63, 3.8) is 0 Å². The average Bonchev–Trinajstić information content (AvgIpc) is 4.10. The fourth-order valence-electron chi connectivity index (χ4n) is 9.77. The first-order valence-corrected chi connectivity index (χ1v) is 25.4. The number of aliphatic hydroxyl groups excluding tert-OH is 1. The number of carboxylic acids is 1. The third kappa shape index (κ3) is 9.67. The lowest BCUT2D eigenvalue weighted by Gasteiger charge is -2.36. The van der Waals surface area contributed by atoms with Crippen LogP contribution in [0.25, 0.3) is 26.6 Å². The second-order valence-corrected chi connectivity index (χ2v) is 21.8. The largest absolute Gasteiger partial charge is 0.481 e. The number of hydrogen-bond acceptors (Lipinski definition) is 12. The van der Waals surface area contributed by atoms with E-state index in [4.69, 9.17) is 4.99 Å². The third-order valence-corrected chi connectivity index (χ3v) is 15.9. The predicted octanol–water partition coefficient (Wildman–Crippen LogP) is 7.37. The van der Waals surface area contributed by atoms with Gasteiger partial charge in [0.25, 0.3) is 0 Å². The van der Waals surface area contributed by atoms with E-state index in [1.54, 1.807) is 22.7 Å². The van der Waals surface area contributed by atoms with Crippen LogP contribution < -0.4 is 15.5 Å². The molecular weight excluding hydrogens is 939 g/mol. The monoisotopic (exact) mass is 995 g/mol. The standard InChI is InChI=1S/C53H57N9O7S2/c1-27-30(4)71-52-45(27)46(56-39(23-44(66)67)49-59-58-31(5)62(49)52)35-14-11-33(12-15-35)37-18-13-34-19-20-43(65)60(40(34)21-37)25-42(64)57-48(53(6,7)8)51(69)61-24-38(63)22-41(61)50(68)55-28(2)32-9-16-36(17-10-32)47-29(3)54-26-70-47/h9-18,21,26,28,38-39,41,48,63H,19-20,22-25H2,1-8H3,(H,55,68)(H,57,64)(H,66,67)/t28?,38-,39+,41+,48?/m1/s1. The number of carbonyl (C=O) groups is 5. The Morgan fingerprint density at radius 2 is 1.58 bits per heavy atom. The number of rotatable bonds is 12. The Morgan fingerprint density at radius 1 is 0.887 bits per heavy atom. The lowest BCUT2D eigenvalue weighted by Crippen LogP contribution is -2.59. The first-order valence-electron chi connectivity index (χ1n) is 23.7. The van der Waals surface area contributed by atoms with Gasteiger partial charge in [-0.25, -0.2) is 4.98 Å². The van der Waals surface area contributed by atoms with E-state index in [1.165, 1.54) is 9.80 Å². The summed E-state index contributed by atoms with van der Waals surface area (Å²) >= 11 is 3.16. The second kappa shape index (κ2) is 19.4. The second-order valence-electron chi connectivity index (χ2n) is 19.8. The molecule has 1 saturated heterocycles. The van der Waals surface area contributed by atoms with Crippen LogP contribution in [0.15, 0.2) is 77.2 Å². The van der Waals surface area contributed by atoms with Crippen LogP contribution in [-0.2, 0) is 30.4 Å². The number of aromatic nitrogens is 4. The molecule has 368 valence electrons. The molecule has 9 rings (SSSR count). The first-order chi connectivity index (χ1) is 33.8. The first kappa shape index (κ1) is 49.1. The highest BCUT2D eigenvalue weighted by Crippen LogP contribution is 2.41. The molecule has 0 bridgehead atoms.